The van der Waals surface area contributed by atoms with E-state index in [2.05, 4.69) is 5.32 Å². The van der Waals surface area contributed by atoms with Gasteiger partial charge in [-0.2, -0.15) is 5.26 Å². The average molecular weight is 336 g/mol. The molecule has 1 atom stereocenters. The molecule has 5 heteroatoms. The van der Waals surface area contributed by atoms with Crippen molar-refractivity contribution in [3.05, 3.63) is 65.2 Å². The number of nitrogens with zero attached hydrogens (tertiary/aromatic N) is 1. The second-order valence-electron chi connectivity index (χ2n) is 5.38. The van der Waals surface area contributed by atoms with Crippen molar-refractivity contribution in [2.24, 2.45) is 0 Å². The number of methoxy groups -OCH3 is 2. The summed E-state index contributed by atoms with van der Waals surface area (Å²) in [7, 11) is 3.08. The molecule has 0 aliphatic heterocycles. The smallest absolute Gasteiger partial charge is 0.262 e. The minimum atomic E-state index is -0.434. The van der Waals surface area contributed by atoms with Crippen LogP contribution in [0.4, 0.5) is 0 Å². The lowest BCUT2D eigenvalue weighted by atomic mass is 10.1. The molecule has 2 aromatic rings. The quantitative estimate of drug-likeness (QED) is 0.647. The first-order chi connectivity index (χ1) is 12.1. The molecule has 0 heterocycles. The van der Waals surface area contributed by atoms with Crippen molar-refractivity contribution in [3.63, 3.8) is 0 Å². The second-order valence-corrected chi connectivity index (χ2v) is 5.38. The number of amides is 1. The fourth-order valence-electron chi connectivity index (χ4n) is 2.34. The maximum absolute atomic E-state index is 12.4. The summed E-state index contributed by atoms with van der Waals surface area (Å²) in [5, 5.41) is 12.2. The second kappa shape index (κ2) is 8.55. The van der Waals surface area contributed by atoms with Crippen LogP contribution in [-0.2, 0) is 4.79 Å². The third-order valence-corrected chi connectivity index (χ3v) is 3.75. The van der Waals surface area contributed by atoms with Crippen LogP contribution in [0.25, 0.3) is 6.08 Å². The summed E-state index contributed by atoms with van der Waals surface area (Å²) in [6.45, 7) is 1.87. The van der Waals surface area contributed by atoms with E-state index < -0.39 is 5.91 Å². The summed E-state index contributed by atoms with van der Waals surface area (Å²) in [5.41, 5.74) is 1.60. The van der Waals surface area contributed by atoms with E-state index >= 15 is 0 Å². The van der Waals surface area contributed by atoms with Gasteiger partial charge in [0.25, 0.3) is 5.91 Å². The van der Waals surface area contributed by atoms with Crippen molar-refractivity contribution in [2.45, 2.75) is 13.0 Å². The number of hydrogen-bond acceptors (Lipinski definition) is 4. The van der Waals surface area contributed by atoms with Gasteiger partial charge < -0.3 is 14.8 Å². The number of carbonyl (C=O) groups is 1. The molecule has 1 N–H and O–H groups in total. The molecule has 1 amide bonds. The van der Waals surface area contributed by atoms with Gasteiger partial charge in [0.05, 0.1) is 20.3 Å². The van der Waals surface area contributed by atoms with Crippen LogP contribution >= 0.6 is 0 Å². The maximum atomic E-state index is 12.4. The van der Waals surface area contributed by atoms with Gasteiger partial charge >= 0.3 is 0 Å². The van der Waals surface area contributed by atoms with Gasteiger partial charge in [-0.1, -0.05) is 30.3 Å². The molecule has 2 rings (SSSR count). The van der Waals surface area contributed by atoms with E-state index in [1.165, 1.54) is 13.2 Å². The molecule has 0 saturated carbocycles. The van der Waals surface area contributed by atoms with E-state index in [1.807, 2.05) is 43.3 Å². The average Bonchev–Trinajstić information content (AvgIpc) is 2.66. The van der Waals surface area contributed by atoms with Gasteiger partial charge in [0.15, 0.2) is 0 Å². The van der Waals surface area contributed by atoms with Gasteiger partial charge in [-0.05, 0) is 30.7 Å². The molecule has 5 nitrogen and oxygen atoms in total. The zero-order chi connectivity index (χ0) is 18.2. The summed E-state index contributed by atoms with van der Waals surface area (Å²) < 4.78 is 10.4. The molecule has 0 saturated heterocycles. The summed E-state index contributed by atoms with van der Waals surface area (Å²) >= 11 is 0. The van der Waals surface area contributed by atoms with Crippen LogP contribution in [0.5, 0.6) is 11.5 Å². The van der Waals surface area contributed by atoms with Gasteiger partial charge in [0.1, 0.15) is 23.1 Å². The van der Waals surface area contributed by atoms with Gasteiger partial charge in [0, 0.05) is 11.6 Å². The van der Waals surface area contributed by atoms with Crippen molar-refractivity contribution in [3.8, 4) is 17.6 Å². The Morgan fingerprint density at radius 1 is 1.16 bits per heavy atom. The monoisotopic (exact) mass is 336 g/mol. The largest absolute Gasteiger partial charge is 0.497 e. The van der Waals surface area contributed by atoms with Crippen LogP contribution in [0.1, 0.15) is 24.1 Å². The Bertz CT molecular complexity index is 807. The van der Waals surface area contributed by atoms with E-state index in [4.69, 9.17) is 9.47 Å². The molecule has 0 fully saturated rings. The first-order valence-corrected chi connectivity index (χ1v) is 7.78. The minimum absolute atomic E-state index is 0.00579. The lowest BCUT2D eigenvalue weighted by Crippen LogP contribution is -2.27. The van der Waals surface area contributed by atoms with Gasteiger partial charge in [0.2, 0.25) is 0 Å². The summed E-state index contributed by atoms with van der Waals surface area (Å²) in [6.07, 6.45) is 1.51. The van der Waals surface area contributed by atoms with Crippen molar-refractivity contribution in [2.75, 3.05) is 14.2 Å². The highest BCUT2D eigenvalue weighted by molar-refractivity contribution is 6.02. The van der Waals surface area contributed by atoms with Crippen LogP contribution in [-0.4, -0.2) is 20.1 Å². The molecule has 0 aromatic heterocycles. The Labute approximate surface area is 147 Å². The van der Waals surface area contributed by atoms with Crippen LogP contribution in [0.3, 0.4) is 0 Å². The first kappa shape index (κ1) is 18.1. The van der Waals surface area contributed by atoms with E-state index in [1.54, 1.807) is 25.3 Å². The lowest BCUT2D eigenvalue weighted by molar-refractivity contribution is -0.117. The zero-order valence-electron chi connectivity index (χ0n) is 14.4. The molecule has 128 valence electrons. The normalized spacial score (nSPS) is 12.0. The number of nitriles is 1. The molecule has 0 radical (unpaired) electrons. The number of carbonyl (C=O) groups excluding carboxylic acids is 1. The van der Waals surface area contributed by atoms with E-state index in [-0.39, 0.29) is 11.6 Å². The summed E-state index contributed by atoms with van der Waals surface area (Å²) in [6, 6.07) is 16.5. The summed E-state index contributed by atoms with van der Waals surface area (Å²) in [5.74, 6) is 0.724. The first-order valence-electron chi connectivity index (χ1n) is 7.78. The highest BCUT2D eigenvalue weighted by atomic mass is 16.5. The molecule has 25 heavy (non-hydrogen) atoms. The van der Waals surface area contributed by atoms with Gasteiger partial charge in [-0.25, -0.2) is 0 Å². The van der Waals surface area contributed by atoms with Gasteiger partial charge in [-0.3, -0.25) is 4.79 Å². The van der Waals surface area contributed by atoms with E-state index in [0.717, 1.165) is 5.56 Å². The van der Waals surface area contributed by atoms with E-state index in [9.17, 15) is 10.1 Å². The van der Waals surface area contributed by atoms with Gasteiger partial charge in [-0.15, -0.1) is 0 Å². The molecule has 0 bridgehead atoms. The van der Waals surface area contributed by atoms with Crippen LogP contribution in [0.2, 0.25) is 0 Å². The molecular weight excluding hydrogens is 316 g/mol. The topological polar surface area (TPSA) is 71.3 Å². The van der Waals surface area contributed by atoms with Crippen molar-refractivity contribution in [1.29, 1.82) is 5.26 Å². The number of nitrogens with one attached hydrogen (secondary N) is 1. The highest BCUT2D eigenvalue weighted by Crippen LogP contribution is 2.26. The Morgan fingerprint density at radius 2 is 1.88 bits per heavy atom. The molecule has 0 aliphatic rings. The van der Waals surface area contributed by atoms with Crippen LogP contribution in [0, 0.1) is 11.3 Å². The summed E-state index contributed by atoms with van der Waals surface area (Å²) in [4.78, 5) is 12.4. The number of rotatable bonds is 6. The Balaban J connectivity index is 2.22. The van der Waals surface area contributed by atoms with Crippen molar-refractivity contribution >= 4 is 12.0 Å². The molecule has 0 spiro atoms. The Morgan fingerprint density at radius 3 is 2.48 bits per heavy atom. The fraction of sp³-hybridized carbons (Fsp3) is 0.200. The highest BCUT2D eigenvalue weighted by Gasteiger charge is 2.14. The number of hydrogen-bond donors (Lipinski definition) is 1. The van der Waals surface area contributed by atoms with Crippen LogP contribution in [0.15, 0.2) is 54.1 Å². The SMILES string of the molecule is COc1ccc(/C=C(\C#N)C(=O)N[C@@H](C)c2ccccc2)c(OC)c1. The van der Waals surface area contributed by atoms with E-state index in [0.29, 0.717) is 17.1 Å². The minimum Gasteiger partial charge on any atom is -0.497 e. The number of ether oxygens (including phenoxy) is 2. The van der Waals surface area contributed by atoms with Crippen LogP contribution < -0.4 is 14.8 Å². The lowest BCUT2D eigenvalue weighted by Gasteiger charge is -2.14. The maximum Gasteiger partial charge on any atom is 0.262 e. The Kier molecular flexibility index (Phi) is 6.19. The third-order valence-electron chi connectivity index (χ3n) is 3.75. The molecule has 0 unspecified atom stereocenters. The van der Waals surface area contributed by atoms with Crippen molar-refractivity contribution in [1.82, 2.24) is 5.32 Å². The predicted molar refractivity (Wildman–Crippen MR) is 96.1 cm³/mol. The zero-order valence-corrected chi connectivity index (χ0v) is 14.4. The van der Waals surface area contributed by atoms with Crippen molar-refractivity contribution < 1.29 is 14.3 Å². The Hall–Kier alpha value is -3.26. The standard InChI is InChI=1S/C20H20N2O3/c1-14(15-7-5-4-6-8-15)22-20(23)17(13-21)11-16-9-10-18(24-2)12-19(16)25-3/h4-12,14H,1-3H3,(H,22,23)/b17-11+/t14-/m0/s1. The fourth-order valence-corrected chi connectivity index (χ4v) is 2.34. The predicted octanol–water partition coefficient (Wildman–Crippen LogP) is 3.49. The molecule has 0 aliphatic carbocycles. The molecule has 2 aromatic carbocycles. The molecular formula is C20H20N2O3. The third kappa shape index (κ3) is 4.61. The number of benzene rings is 2.